The van der Waals surface area contributed by atoms with Crippen LogP contribution in [0.2, 0.25) is 5.02 Å². The number of amides is 1. The highest BCUT2D eigenvalue weighted by atomic mass is 35.5. The van der Waals surface area contributed by atoms with Crippen LogP contribution in [0, 0.1) is 0 Å². The third kappa shape index (κ3) is 3.87. The van der Waals surface area contributed by atoms with E-state index in [1.807, 2.05) is 0 Å². The maximum atomic E-state index is 11.5. The van der Waals surface area contributed by atoms with Crippen molar-refractivity contribution in [3.8, 4) is 0 Å². The molecule has 6 heteroatoms. The molecule has 0 spiro atoms. The number of halogens is 1. The molecule has 5 nitrogen and oxygen atoms in total. The number of morpholine rings is 1. The van der Waals surface area contributed by atoms with Crippen LogP contribution in [0.15, 0.2) is 24.3 Å². The van der Waals surface area contributed by atoms with Gasteiger partial charge in [-0.15, -0.1) is 0 Å². The lowest BCUT2D eigenvalue weighted by molar-refractivity contribution is -0.00984. The summed E-state index contributed by atoms with van der Waals surface area (Å²) in [6.45, 7) is 2.39. The predicted octanol–water partition coefficient (Wildman–Crippen LogP) is 1.88. The Morgan fingerprint density at radius 2 is 2.39 bits per heavy atom. The maximum absolute atomic E-state index is 11.5. The monoisotopic (exact) mass is 270 g/mol. The van der Waals surface area contributed by atoms with E-state index in [2.05, 4.69) is 10.6 Å². The zero-order valence-electron chi connectivity index (χ0n) is 9.82. The van der Waals surface area contributed by atoms with Gasteiger partial charge in [0.25, 0.3) is 0 Å². The molecule has 1 amide bonds. The van der Waals surface area contributed by atoms with E-state index in [4.69, 9.17) is 21.1 Å². The van der Waals surface area contributed by atoms with Crippen LogP contribution in [0.1, 0.15) is 0 Å². The number of benzene rings is 1. The van der Waals surface area contributed by atoms with Gasteiger partial charge in [-0.1, -0.05) is 23.7 Å². The molecule has 1 aromatic rings. The molecular weight excluding hydrogens is 256 g/mol. The van der Waals surface area contributed by atoms with Gasteiger partial charge in [0.2, 0.25) is 0 Å². The number of nitrogens with one attached hydrogen (secondary N) is 2. The summed E-state index contributed by atoms with van der Waals surface area (Å²) in [5.74, 6) is 0. The van der Waals surface area contributed by atoms with Gasteiger partial charge in [-0.3, -0.25) is 5.32 Å². The Bertz CT molecular complexity index is 408. The lowest BCUT2D eigenvalue weighted by atomic mass is 10.3. The molecule has 18 heavy (non-hydrogen) atoms. The molecule has 1 unspecified atom stereocenters. The Hall–Kier alpha value is -1.30. The zero-order chi connectivity index (χ0) is 12.8. The van der Waals surface area contributed by atoms with E-state index in [0.717, 1.165) is 6.54 Å². The molecule has 0 radical (unpaired) electrons. The van der Waals surface area contributed by atoms with Crippen molar-refractivity contribution in [1.82, 2.24) is 5.32 Å². The van der Waals surface area contributed by atoms with Crippen molar-refractivity contribution in [2.75, 3.05) is 31.6 Å². The highest BCUT2D eigenvalue weighted by molar-refractivity contribution is 6.33. The van der Waals surface area contributed by atoms with E-state index >= 15 is 0 Å². The first-order chi connectivity index (χ1) is 8.75. The van der Waals surface area contributed by atoms with Gasteiger partial charge in [-0.05, 0) is 12.1 Å². The molecule has 0 aliphatic carbocycles. The third-order valence-electron chi connectivity index (χ3n) is 2.52. The van der Waals surface area contributed by atoms with Crippen LogP contribution in [0.25, 0.3) is 0 Å². The topological polar surface area (TPSA) is 59.6 Å². The van der Waals surface area contributed by atoms with Crippen molar-refractivity contribution in [3.05, 3.63) is 29.3 Å². The average Bonchev–Trinajstić information content (AvgIpc) is 2.40. The van der Waals surface area contributed by atoms with E-state index in [-0.39, 0.29) is 12.7 Å². The number of rotatable bonds is 3. The fourth-order valence-corrected chi connectivity index (χ4v) is 1.79. The minimum absolute atomic E-state index is 0.0873. The summed E-state index contributed by atoms with van der Waals surface area (Å²) >= 11 is 5.91. The molecule has 1 fully saturated rings. The number of ether oxygens (including phenoxy) is 2. The predicted molar refractivity (Wildman–Crippen MR) is 69.0 cm³/mol. The van der Waals surface area contributed by atoms with Gasteiger partial charge in [0, 0.05) is 13.1 Å². The summed E-state index contributed by atoms with van der Waals surface area (Å²) in [4.78, 5) is 11.5. The lowest BCUT2D eigenvalue weighted by Gasteiger charge is -2.23. The number of anilines is 1. The molecule has 1 aromatic carbocycles. The van der Waals surface area contributed by atoms with E-state index in [9.17, 15) is 4.79 Å². The van der Waals surface area contributed by atoms with Gasteiger partial charge in [-0.2, -0.15) is 0 Å². The maximum Gasteiger partial charge on any atom is 0.411 e. The summed E-state index contributed by atoms with van der Waals surface area (Å²) in [6.07, 6.45) is -0.618. The first kappa shape index (κ1) is 13.1. The molecule has 1 aliphatic rings. The summed E-state index contributed by atoms with van der Waals surface area (Å²) in [7, 11) is 0. The van der Waals surface area contributed by atoms with Gasteiger partial charge in [0.1, 0.15) is 12.7 Å². The Morgan fingerprint density at radius 1 is 1.56 bits per heavy atom. The largest absolute Gasteiger partial charge is 0.446 e. The minimum atomic E-state index is -0.530. The molecule has 2 N–H and O–H groups in total. The molecule has 0 bridgehead atoms. The van der Waals surface area contributed by atoms with Gasteiger partial charge >= 0.3 is 6.09 Å². The second-order valence-corrected chi connectivity index (χ2v) is 4.31. The van der Waals surface area contributed by atoms with Crippen LogP contribution in [0.4, 0.5) is 10.5 Å². The van der Waals surface area contributed by atoms with Crippen molar-refractivity contribution in [2.45, 2.75) is 6.10 Å². The fraction of sp³-hybridized carbons (Fsp3) is 0.417. The van der Waals surface area contributed by atoms with Crippen molar-refractivity contribution in [2.24, 2.45) is 0 Å². The Balaban J connectivity index is 1.76. The second kappa shape index (κ2) is 6.58. The van der Waals surface area contributed by atoms with E-state index in [0.29, 0.717) is 23.9 Å². The van der Waals surface area contributed by atoms with Crippen LogP contribution in [-0.4, -0.2) is 38.5 Å². The number of para-hydroxylation sites is 1. The van der Waals surface area contributed by atoms with Crippen molar-refractivity contribution in [1.29, 1.82) is 0 Å². The van der Waals surface area contributed by atoms with Gasteiger partial charge in [0.05, 0.1) is 17.3 Å². The quantitative estimate of drug-likeness (QED) is 0.880. The molecule has 0 aromatic heterocycles. The third-order valence-corrected chi connectivity index (χ3v) is 2.84. The molecule has 1 saturated heterocycles. The number of hydrogen-bond donors (Lipinski definition) is 2. The summed E-state index contributed by atoms with van der Waals surface area (Å²) < 4.78 is 10.5. The summed E-state index contributed by atoms with van der Waals surface area (Å²) in [6, 6.07) is 6.99. The van der Waals surface area contributed by atoms with E-state index < -0.39 is 6.09 Å². The standard InChI is InChI=1S/C12H15ClN2O3/c13-10-3-1-2-4-11(10)15-12(16)18-8-9-7-14-5-6-17-9/h1-4,9,14H,5-8H2,(H,15,16). The smallest absolute Gasteiger partial charge is 0.411 e. The SMILES string of the molecule is O=C(Nc1ccccc1Cl)OCC1CNCCO1. The van der Waals surface area contributed by atoms with E-state index in [1.54, 1.807) is 24.3 Å². The second-order valence-electron chi connectivity index (χ2n) is 3.90. The summed E-state index contributed by atoms with van der Waals surface area (Å²) in [5, 5.41) is 6.22. The Kier molecular flexibility index (Phi) is 4.81. The molecule has 98 valence electrons. The summed E-state index contributed by atoms with van der Waals surface area (Å²) in [5.41, 5.74) is 0.534. The average molecular weight is 271 g/mol. The van der Waals surface area contributed by atoms with Crippen LogP contribution in [0.5, 0.6) is 0 Å². The number of hydrogen-bond acceptors (Lipinski definition) is 4. The normalized spacial score (nSPS) is 19.3. The van der Waals surface area contributed by atoms with Gasteiger partial charge in [-0.25, -0.2) is 4.79 Å². The molecule has 0 saturated carbocycles. The Morgan fingerprint density at radius 3 is 3.11 bits per heavy atom. The lowest BCUT2D eigenvalue weighted by Crippen LogP contribution is -2.41. The molecule has 1 atom stereocenters. The first-order valence-corrected chi connectivity index (χ1v) is 6.14. The zero-order valence-corrected chi connectivity index (χ0v) is 10.6. The molecular formula is C12H15ClN2O3. The minimum Gasteiger partial charge on any atom is -0.446 e. The first-order valence-electron chi connectivity index (χ1n) is 5.76. The highest BCUT2D eigenvalue weighted by Gasteiger charge is 2.15. The molecule has 1 aliphatic heterocycles. The number of carbonyl (C=O) groups excluding carboxylic acids is 1. The van der Waals surface area contributed by atoms with Crippen LogP contribution in [0.3, 0.4) is 0 Å². The van der Waals surface area contributed by atoms with Crippen LogP contribution >= 0.6 is 11.6 Å². The number of carbonyl (C=O) groups is 1. The fourth-order valence-electron chi connectivity index (χ4n) is 1.60. The van der Waals surface area contributed by atoms with Gasteiger partial charge in [0.15, 0.2) is 0 Å². The van der Waals surface area contributed by atoms with Crippen molar-refractivity contribution in [3.63, 3.8) is 0 Å². The van der Waals surface area contributed by atoms with E-state index in [1.165, 1.54) is 0 Å². The van der Waals surface area contributed by atoms with Crippen LogP contribution < -0.4 is 10.6 Å². The van der Waals surface area contributed by atoms with Gasteiger partial charge < -0.3 is 14.8 Å². The van der Waals surface area contributed by atoms with Crippen LogP contribution in [-0.2, 0) is 9.47 Å². The highest BCUT2D eigenvalue weighted by Crippen LogP contribution is 2.20. The van der Waals surface area contributed by atoms with Crippen molar-refractivity contribution < 1.29 is 14.3 Å². The Labute approximate surface area is 110 Å². The van der Waals surface area contributed by atoms with Crippen molar-refractivity contribution >= 4 is 23.4 Å². The molecule has 1 heterocycles. The molecule has 2 rings (SSSR count).